The third-order valence-electron chi connectivity index (χ3n) is 3.01. The largest absolute Gasteiger partial charge is 0.481 e. The average Bonchev–Trinajstić information content (AvgIpc) is 2.44. The van der Waals surface area contributed by atoms with Crippen LogP contribution in [-0.2, 0) is 11.3 Å². The molecule has 0 bridgehead atoms. The van der Waals surface area contributed by atoms with E-state index in [9.17, 15) is 4.79 Å². The minimum atomic E-state index is -0.226. The fraction of sp³-hybridized carbons (Fsp3) is 0.571. The number of carbonyl (C=O) groups is 1. The SMILES string of the molecule is CCC(C)NC(=O)C(C)NCc1ccc(OC)nc1. The van der Waals surface area contributed by atoms with Gasteiger partial charge in [-0.25, -0.2) is 4.98 Å². The lowest BCUT2D eigenvalue weighted by Gasteiger charge is -2.17. The number of carbonyl (C=O) groups excluding carboxylic acids is 1. The van der Waals surface area contributed by atoms with Crippen LogP contribution in [-0.4, -0.2) is 30.1 Å². The number of pyridine rings is 1. The summed E-state index contributed by atoms with van der Waals surface area (Å²) in [5, 5.41) is 6.12. The van der Waals surface area contributed by atoms with E-state index < -0.39 is 0 Å². The van der Waals surface area contributed by atoms with Gasteiger partial charge in [0.25, 0.3) is 0 Å². The van der Waals surface area contributed by atoms with Gasteiger partial charge in [-0.3, -0.25) is 4.79 Å². The molecule has 1 aromatic rings. The number of rotatable bonds is 7. The molecule has 0 aliphatic carbocycles. The Bertz CT molecular complexity index is 392. The molecule has 2 unspecified atom stereocenters. The zero-order chi connectivity index (χ0) is 14.3. The first-order valence-electron chi connectivity index (χ1n) is 6.59. The second kappa shape index (κ2) is 7.74. The molecule has 1 aromatic heterocycles. The van der Waals surface area contributed by atoms with Gasteiger partial charge in [0.1, 0.15) is 0 Å². The molecule has 0 radical (unpaired) electrons. The summed E-state index contributed by atoms with van der Waals surface area (Å²) in [4.78, 5) is 15.9. The molecule has 2 N–H and O–H groups in total. The highest BCUT2D eigenvalue weighted by Crippen LogP contribution is 2.06. The van der Waals surface area contributed by atoms with Crippen molar-refractivity contribution >= 4 is 5.91 Å². The topological polar surface area (TPSA) is 63.2 Å². The molecule has 1 heterocycles. The van der Waals surface area contributed by atoms with Gasteiger partial charge in [-0.1, -0.05) is 13.0 Å². The Morgan fingerprint density at radius 1 is 1.42 bits per heavy atom. The van der Waals surface area contributed by atoms with Crippen molar-refractivity contribution in [1.82, 2.24) is 15.6 Å². The van der Waals surface area contributed by atoms with E-state index in [4.69, 9.17) is 4.74 Å². The molecule has 0 spiro atoms. The summed E-state index contributed by atoms with van der Waals surface area (Å²) in [6.07, 6.45) is 2.67. The lowest BCUT2D eigenvalue weighted by molar-refractivity contribution is -0.123. The molecular weight excluding hydrogens is 242 g/mol. The van der Waals surface area contributed by atoms with E-state index in [0.29, 0.717) is 12.4 Å². The van der Waals surface area contributed by atoms with Crippen molar-refractivity contribution < 1.29 is 9.53 Å². The van der Waals surface area contributed by atoms with Gasteiger partial charge >= 0.3 is 0 Å². The number of nitrogens with one attached hydrogen (secondary N) is 2. The number of methoxy groups -OCH3 is 1. The number of nitrogens with zero attached hydrogens (tertiary/aromatic N) is 1. The highest BCUT2D eigenvalue weighted by atomic mass is 16.5. The van der Waals surface area contributed by atoms with Crippen LogP contribution >= 0.6 is 0 Å². The fourth-order valence-corrected chi connectivity index (χ4v) is 1.47. The van der Waals surface area contributed by atoms with Gasteiger partial charge in [-0.2, -0.15) is 0 Å². The summed E-state index contributed by atoms with van der Waals surface area (Å²) in [6.45, 7) is 6.50. The molecule has 0 aliphatic rings. The molecule has 0 saturated carbocycles. The average molecular weight is 265 g/mol. The van der Waals surface area contributed by atoms with Crippen LogP contribution in [0.15, 0.2) is 18.3 Å². The molecule has 0 aromatic carbocycles. The first-order chi connectivity index (χ1) is 9.06. The van der Waals surface area contributed by atoms with E-state index >= 15 is 0 Å². The van der Waals surface area contributed by atoms with Crippen LogP contribution < -0.4 is 15.4 Å². The van der Waals surface area contributed by atoms with Gasteiger partial charge in [0.05, 0.1) is 13.2 Å². The normalized spacial score (nSPS) is 13.7. The van der Waals surface area contributed by atoms with E-state index in [1.54, 1.807) is 19.4 Å². The van der Waals surface area contributed by atoms with Crippen molar-refractivity contribution in [2.45, 2.75) is 45.8 Å². The molecule has 2 atom stereocenters. The monoisotopic (exact) mass is 265 g/mol. The molecule has 1 amide bonds. The maximum Gasteiger partial charge on any atom is 0.237 e. The number of hydrogen-bond acceptors (Lipinski definition) is 4. The smallest absolute Gasteiger partial charge is 0.237 e. The molecule has 106 valence electrons. The van der Waals surface area contributed by atoms with Crippen molar-refractivity contribution in [3.05, 3.63) is 23.9 Å². The van der Waals surface area contributed by atoms with Crippen LogP contribution in [0.1, 0.15) is 32.8 Å². The summed E-state index contributed by atoms with van der Waals surface area (Å²) in [6, 6.07) is 3.72. The molecule has 0 saturated heterocycles. The van der Waals surface area contributed by atoms with Crippen LogP contribution in [0.4, 0.5) is 0 Å². The molecular formula is C14H23N3O2. The Morgan fingerprint density at radius 3 is 2.68 bits per heavy atom. The Kier molecular flexibility index (Phi) is 6.29. The van der Waals surface area contributed by atoms with Gasteiger partial charge in [-0.05, 0) is 25.8 Å². The predicted molar refractivity (Wildman–Crippen MR) is 75.0 cm³/mol. The van der Waals surface area contributed by atoms with Crippen LogP contribution in [0.25, 0.3) is 0 Å². The van der Waals surface area contributed by atoms with E-state index in [-0.39, 0.29) is 18.0 Å². The first kappa shape index (κ1) is 15.4. The summed E-state index contributed by atoms with van der Waals surface area (Å²) in [7, 11) is 1.58. The molecule has 0 aliphatic heterocycles. The summed E-state index contributed by atoms with van der Waals surface area (Å²) >= 11 is 0. The maximum absolute atomic E-state index is 11.8. The van der Waals surface area contributed by atoms with Crippen molar-refractivity contribution in [1.29, 1.82) is 0 Å². The van der Waals surface area contributed by atoms with Crippen molar-refractivity contribution in [2.24, 2.45) is 0 Å². The number of hydrogen-bond donors (Lipinski definition) is 2. The molecule has 5 heteroatoms. The Labute approximate surface area is 114 Å². The zero-order valence-corrected chi connectivity index (χ0v) is 12.1. The lowest BCUT2D eigenvalue weighted by atomic mass is 10.2. The van der Waals surface area contributed by atoms with Crippen LogP contribution in [0, 0.1) is 0 Å². The maximum atomic E-state index is 11.8. The van der Waals surface area contributed by atoms with E-state index in [0.717, 1.165) is 12.0 Å². The van der Waals surface area contributed by atoms with Gasteiger partial charge in [0.15, 0.2) is 0 Å². The van der Waals surface area contributed by atoms with Gasteiger partial charge < -0.3 is 15.4 Å². The Hall–Kier alpha value is -1.62. The van der Waals surface area contributed by atoms with Crippen LogP contribution in [0.5, 0.6) is 5.88 Å². The van der Waals surface area contributed by atoms with E-state index in [2.05, 4.69) is 15.6 Å². The second-order valence-corrected chi connectivity index (χ2v) is 4.63. The standard InChI is InChI=1S/C14H23N3O2/c1-5-10(2)17-14(18)11(3)15-8-12-6-7-13(19-4)16-9-12/h6-7,9-11,15H,5,8H2,1-4H3,(H,17,18). The molecule has 5 nitrogen and oxygen atoms in total. The predicted octanol–water partition coefficient (Wildman–Crippen LogP) is 1.48. The minimum absolute atomic E-state index is 0.0239. The van der Waals surface area contributed by atoms with Crippen LogP contribution in [0.2, 0.25) is 0 Å². The quantitative estimate of drug-likeness (QED) is 0.784. The Morgan fingerprint density at radius 2 is 2.16 bits per heavy atom. The van der Waals surface area contributed by atoms with Crippen molar-refractivity contribution in [3.63, 3.8) is 0 Å². The van der Waals surface area contributed by atoms with E-state index in [1.807, 2.05) is 26.8 Å². The highest BCUT2D eigenvalue weighted by Gasteiger charge is 2.13. The first-order valence-corrected chi connectivity index (χ1v) is 6.59. The second-order valence-electron chi connectivity index (χ2n) is 4.63. The summed E-state index contributed by atoms with van der Waals surface area (Å²) < 4.78 is 4.99. The number of aromatic nitrogens is 1. The fourth-order valence-electron chi connectivity index (χ4n) is 1.47. The lowest BCUT2D eigenvalue weighted by Crippen LogP contribution is -2.45. The molecule has 0 fully saturated rings. The highest BCUT2D eigenvalue weighted by molar-refractivity contribution is 5.81. The zero-order valence-electron chi connectivity index (χ0n) is 12.1. The summed E-state index contributed by atoms with van der Waals surface area (Å²) in [5.41, 5.74) is 1.02. The van der Waals surface area contributed by atoms with Gasteiger partial charge in [0, 0.05) is 24.8 Å². The molecule has 1 rings (SSSR count). The van der Waals surface area contributed by atoms with Crippen molar-refractivity contribution in [3.8, 4) is 5.88 Å². The van der Waals surface area contributed by atoms with Crippen LogP contribution in [0.3, 0.4) is 0 Å². The van der Waals surface area contributed by atoms with Gasteiger partial charge in [0.2, 0.25) is 11.8 Å². The summed E-state index contributed by atoms with van der Waals surface area (Å²) in [5.74, 6) is 0.613. The Balaban J connectivity index is 2.40. The van der Waals surface area contributed by atoms with Crippen molar-refractivity contribution in [2.75, 3.05) is 7.11 Å². The van der Waals surface area contributed by atoms with Gasteiger partial charge in [-0.15, -0.1) is 0 Å². The number of amides is 1. The van der Waals surface area contributed by atoms with E-state index in [1.165, 1.54) is 0 Å². The third-order valence-corrected chi connectivity index (χ3v) is 3.01. The minimum Gasteiger partial charge on any atom is -0.481 e. The number of ether oxygens (including phenoxy) is 1. The third kappa shape index (κ3) is 5.26. The molecule has 19 heavy (non-hydrogen) atoms.